The van der Waals surface area contributed by atoms with Crippen molar-refractivity contribution in [3.8, 4) is 0 Å². The molecule has 1 saturated heterocycles. The van der Waals surface area contributed by atoms with Crippen molar-refractivity contribution in [2.45, 2.75) is 36.5 Å². The third kappa shape index (κ3) is 2.87. The fraction of sp³-hybridized carbons (Fsp3) is 0.538. The predicted molar refractivity (Wildman–Crippen MR) is 74.4 cm³/mol. The van der Waals surface area contributed by atoms with Gasteiger partial charge in [0, 0.05) is 19.1 Å². The van der Waals surface area contributed by atoms with Crippen LogP contribution in [0.5, 0.6) is 0 Å². The maximum absolute atomic E-state index is 12.5. The first-order valence-corrected chi connectivity index (χ1v) is 8.02. The van der Waals surface area contributed by atoms with Crippen LogP contribution in [0.15, 0.2) is 29.2 Å². The molecule has 0 amide bonds. The molecule has 3 atom stereocenters. The minimum atomic E-state index is -3.71. The molecule has 0 radical (unpaired) electrons. The number of nitrogens with two attached hydrogens (primary N) is 1. The lowest BCUT2D eigenvalue weighted by atomic mass is 10.1. The van der Waals surface area contributed by atoms with E-state index in [1.54, 1.807) is 18.2 Å². The topological polar surface area (TPSA) is 104 Å². The predicted octanol–water partition coefficient (Wildman–Crippen LogP) is -0.178. The van der Waals surface area contributed by atoms with E-state index in [1.165, 1.54) is 6.07 Å². The first kappa shape index (κ1) is 15.4. The summed E-state index contributed by atoms with van der Waals surface area (Å²) in [6.45, 7) is 1.75. The fourth-order valence-electron chi connectivity index (χ4n) is 2.22. The SMILES string of the molecule is CCC(N)c1cccc(S(=O)(=O)N2CC(O)C(O)C2)c1. The number of β-amino-alcohol motifs (C(OH)–C–C–N with tert-alkyl or cyclic N) is 2. The van der Waals surface area contributed by atoms with Gasteiger partial charge in [-0.1, -0.05) is 19.1 Å². The van der Waals surface area contributed by atoms with E-state index in [1.807, 2.05) is 6.92 Å². The maximum Gasteiger partial charge on any atom is 0.243 e. The van der Waals surface area contributed by atoms with E-state index >= 15 is 0 Å². The third-order valence-electron chi connectivity index (χ3n) is 3.59. The number of aliphatic hydroxyl groups excluding tert-OH is 2. The van der Waals surface area contributed by atoms with Crippen molar-refractivity contribution in [2.24, 2.45) is 5.73 Å². The molecule has 1 aliphatic heterocycles. The zero-order valence-corrected chi connectivity index (χ0v) is 12.1. The Hall–Kier alpha value is -0.990. The van der Waals surface area contributed by atoms with Crippen molar-refractivity contribution in [3.05, 3.63) is 29.8 Å². The molecular weight excluding hydrogens is 280 g/mol. The summed E-state index contributed by atoms with van der Waals surface area (Å²) >= 11 is 0. The molecule has 6 nitrogen and oxygen atoms in total. The lowest BCUT2D eigenvalue weighted by Gasteiger charge is -2.17. The van der Waals surface area contributed by atoms with Crippen molar-refractivity contribution in [3.63, 3.8) is 0 Å². The minimum absolute atomic E-state index is 0.0897. The Labute approximate surface area is 118 Å². The van der Waals surface area contributed by atoms with E-state index in [2.05, 4.69) is 0 Å². The normalized spacial score (nSPS) is 25.8. The van der Waals surface area contributed by atoms with Crippen LogP contribution in [-0.4, -0.2) is 48.2 Å². The quantitative estimate of drug-likeness (QED) is 0.716. The molecule has 4 N–H and O–H groups in total. The van der Waals surface area contributed by atoms with Crippen molar-refractivity contribution in [1.29, 1.82) is 0 Å². The summed E-state index contributed by atoms with van der Waals surface area (Å²) in [6.07, 6.45) is -1.36. The molecule has 2 rings (SSSR count). The van der Waals surface area contributed by atoms with Gasteiger partial charge >= 0.3 is 0 Å². The van der Waals surface area contributed by atoms with Gasteiger partial charge in [0.15, 0.2) is 0 Å². The molecule has 20 heavy (non-hydrogen) atoms. The first-order chi connectivity index (χ1) is 9.36. The van der Waals surface area contributed by atoms with E-state index in [9.17, 15) is 18.6 Å². The highest BCUT2D eigenvalue weighted by molar-refractivity contribution is 7.89. The molecule has 7 heteroatoms. The number of nitrogens with zero attached hydrogens (tertiary/aromatic N) is 1. The molecule has 0 aromatic heterocycles. The number of hydrogen-bond donors (Lipinski definition) is 3. The highest BCUT2D eigenvalue weighted by Gasteiger charge is 2.37. The average molecular weight is 300 g/mol. The first-order valence-electron chi connectivity index (χ1n) is 6.58. The van der Waals surface area contributed by atoms with Crippen LogP contribution < -0.4 is 5.73 Å². The largest absolute Gasteiger partial charge is 0.389 e. The molecule has 1 aromatic carbocycles. The number of rotatable bonds is 4. The van der Waals surface area contributed by atoms with Crippen molar-refractivity contribution < 1.29 is 18.6 Å². The number of sulfonamides is 1. The Morgan fingerprint density at radius 3 is 2.50 bits per heavy atom. The highest BCUT2D eigenvalue weighted by atomic mass is 32.2. The minimum Gasteiger partial charge on any atom is -0.389 e. The molecule has 112 valence electrons. The summed E-state index contributed by atoms with van der Waals surface area (Å²) in [4.78, 5) is 0.139. The zero-order valence-electron chi connectivity index (χ0n) is 11.3. The molecular formula is C13H20N2O4S. The smallest absolute Gasteiger partial charge is 0.243 e. The van der Waals surface area contributed by atoms with Gasteiger partial charge in [-0.15, -0.1) is 0 Å². The standard InChI is InChI=1S/C13H20N2O4S/c1-2-11(14)9-4-3-5-10(6-9)20(18,19)15-7-12(16)13(17)8-15/h3-6,11-13,16-17H,2,7-8,14H2,1H3. The molecule has 0 spiro atoms. The summed E-state index contributed by atoms with van der Waals surface area (Å²) in [5.41, 5.74) is 6.67. The van der Waals surface area contributed by atoms with Gasteiger partial charge in [0.1, 0.15) is 0 Å². The average Bonchev–Trinajstić information content (AvgIpc) is 2.78. The van der Waals surface area contributed by atoms with Gasteiger partial charge in [-0.25, -0.2) is 8.42 Å². The molecule has 0 saturated carbocycles. The van der Waals surface area contributed by atoms with Crippen LogP contribution in [-0.2, 0) is 10.0 Å². The summed E-state index contributed by atoms with van der Waals surface area (Å²) in [5.74, 6) is 0. The van der Waals surface area contributed by atoms with E-state index in [-0.39, 0.29) is 24.0 Å². The van der Waals surface area contributed by atoms with Crippen LogP contribution in [0.4, 0.5) is 0 Å². The molecule has 0 bridgehead atoms. The van der Waals surface area contributed by atoms with Crippen molar-refractivity contribution in [1.82, 2.24) is 4.31 Å². The van der Waals surface area contributed by atoms with Crippen LogP contribution in [0.1, 0.15) is 24.9 Å². The van der Waals surface area contributed by atoms with Gasteiger partial charge < -0.3 is 15.9 Å². The second-order valence-corrected chi connectivity index (χ2v) is 6.98. The Kier molecular flexibility index (Phi) is 4.46. The molecule has 0 aliphatic carbocycles. The second-order valence-electron chi connectivity index (χ2n) is 5.04. The molecule has 1 aromatic rings. The van der Waals surface area contributed by atoms with Gasteiger partial charge in [-0.05, 0) is 24.1 Å². The summed E-state index contributed by atoms with van der Waals surface area (Å²) < 4.78 is 26.0. The molecule has 1 fully saturated rings. The second kappa shape index (κ2) is 5.79. The van der Waals surface area contributed by atoms with E-state index < -0.39 is 22.2 Å². The Bertz CT molecular complexity index is 565. The van der Waals surface area contributed by atoms with E-state index in [0.29, 0.717) is 6.42 Å². The summed E-state index contributed by atoms with van der Waals surface area (Å²) in [6, 6.07) is 6.29. The Morgan fingerprint density at radius 2 is 1.95 bits per heavy atom. The zero-order chi connectivity index (χ0) is 14.9. The summed E-state index contributed by atoms with van der Waals surface area (Å²) in [7, 11) is -3.71. The van der Waals surface area contributed by atoms with E-state index in [4.69, 9.17) is 5.73 Å². The molecule has 1 heterocycles. The lowest BCUT2D eigenvalue weighted by Crippen LogP contribution is -2.30. The van der Waals surface area contributed by atoms with Crippen LogP contribution in [0.25, 0.3) is 0 Å². The van der Waals surface area contributed by atoms with Crippen LogP contribution >= 0.6 is 0 Å². The fourth-order valence-corrected chi connectivity index (χ4v) is 3.75. The number of aliphatic hydroxyl groups is 2. The molecule has 3 unspecified atom stereocenters. The Balaban J connectivity index is 2.31. The lowest BCUT2D eigenvalue weighted by molar-refractivity contribution is 0.0572. The van der Waals surface area contributed by atoms with Crippen LogP contribution in [0, 0.1) is 0 Å². The number of benzene rings is 1. The van der Waals surface area contributed by atoms with Gasteiger partial charge in [0.25, 0.3) is 0 Å². The van der Waals surface area contributed by atoms with Gasteiger partial charge in [0.05, 0.1) is 17.1 Å². The highest BCUT2D eigenvalue weighted by Crippen LogP contribution is 2.24. The maximum atomic E-state index is 12.5. The molecule has 1 aliphatic rings. The van der Waals surface area contributed by atoms with Crippen LogP contribution in [0.3, 0.4) is 0 Å². The van der Waals surface area contributed by atoms with Gasteiger partial charge in [-0.3, -0.25) is 0 Å². The third-order valence-corrected chi connectivity index (χ3v) is 5.42. The van der Waals surface area contributed by atoms with Crippen molar-refractivity contribution >= 4 is 10.0 Å². The summed E-state index contributed by atoms with van der Waals surface area (Å²) in [5, 5.41) is 19.0. The Morgan fingerprint density at radius 1 is 1.35 bits per heavy atom. The van der Waals surface area contributed by atoms with E-state index in [0.717, 1.165) is 9.87 Å². The monoisotopic (exact) mass is 300 g/mol. The number of hydrogen-bond acceptors (Lipinski definition) is 5. The van der Waals surface area contributed by atoms with Gasteiger partial charge in [-0.2, -0.15) is 4.31 Å². The van der Waals surface area contributed by atoms with Gasteiger partial charge in [0.2, 0.25) is 10.0 Å². The van der Waals surface area contributed by atoms with Crippen LogP contribution in [0.2, 0.25) is 0 Å². The van der Waals surface area contributed by atoms with Crippen molar-refractivity contribution in [2.75, 3.05) is 13.1 Å².